The molecule has 0 radical (unpaired) electrons. The molecule has 1 aliphatic rings. The first-order valence-corrected chi connectivity index (χ1v) is 10.7. The Hall–Kier alpha value is -4.04. The van der Waals surface area contributed by atoms with Crippen LogP contribution < -0.4 is 4.90 Å². The molecule has 0 unspecified atom stereocenters. The Balaban J connectivity index is 1.52. The van der Waals surface area contributed by atoms with Crippen molar-refractivity contribution in [3.63, 3.8) is 0 Å². The van der Waals surface area contributed by atoms with Crippen molar-refractivity contribution in [3.8, 4) is 0 Å². The minimum absolute atomic E-state index is 0.0116. The number of nitrogens with one attached hydrogen (secondary N) is 1. The largest absolute Gasteiger partial charge is 0.454 e. The third-order valence-electron chi connectivity index (χ3n) is 5.62. The fourth-order valence-electron chi connectivity index (χ4n) is 4.06. The summed E-state index contributed by atoms with van der Waals surface area (Å²) in [6, 6.07) is 10.4. The Morgan fingerprint density at radius 3 is 2.32 bits per heavy atom. The molecule has 1 aromatic heterocycles. The van der Waals surface area contributed by atoms with E-state index in [1.807, 2.05) is 0 Å². The summed E-state index contributed by atoms with van der Waals surface area (Å²) in [6.07, 6.45) is 0. The van der Waals surface area contributed by atoms with E-state index in [0.717, 1.165) is 4.90 Å². The Kier molecular flexibility index (Phi) is 5.93. The highest BCUT2D eigenvalue weighted by molar-refractivity contribution is 6.39. The maximum Gasteiger partial charge on any atom is 0.338 e. The minimum atomic E-state index is -0.833. The number of hydrogen-bond acceptors (Lipinski definition) is 6. The quantitative estimate of drug-likeness (QED) is 0.320. The first-order valence-electron chi connectivity index (χ1n) is 10.3. The average Bonchev–Trinajstić information content (AvgIpc) is 3.24. The standard InChI is InChI=1S/C25H19ClN2O6/c1-12-21(14(3)29)13(2)27-22(12)20(30)11-34-25(33)15-8-9-16-17(10-15)24(32)28(23(16)31)19-7-5-4-6-18(19)26/h4-10,27H,11H2,1-3H3. The number of H-pyrrole nitrogens is 1. The number of amides is 2. The van der Waals surface area contributed by atoms with Gasteiger partial charge in [0.2, 0.25) is 5.78 Å². The fraction of sp³-hybridized carbons (Fsp3) is 0.160. The Labute approximate surface area is 199 Å². The van der Waals surface area contributed by atoms with Gasteiger partial charge in [-0.3, -0.25) is 19.2 Å². The number of ketones is 2. The van der Waals surface area contributed by atoms with E-state index in [4.69, 9.17) is 16.3 Å². The molecule has 9 heteroatoms. The van der Waals surface area contributed by atoms with Crippen LogP contribution in [0.25, 0.3) is 0 Å². The summed E-state index contributed by atoms with van der Waals surface area (Å²) in [5.74, 6) is -2.68. The topological polar surface area (TPSA) is 114 Å². The molecule has 1 N–H and O–H groups in total. The summed E-state index contributed by atoms with van der Waals surface area (Å²) >= 11 is 6.15. The van der Waals surface area contributed by atoms with Crippen molar-refractivity contribution in [3.05, 3.63) is 86.7 Å². The SMILES string of the molecule is CC(=O)c1c(C)[nH]c(C(=O)COC(=O)c2ccc3c(c2)C(=O)N(c2ccccc2Cl)C3=O)c1C. The van der Waals surface area contributed by atoms with Crippen molar-refractivity contribution in [1.29, 1.82) is 0 Å². The molecule has 0 spiro atoms. The molecule has 34 heavy (non-hydrogen) atoms. The van der Waals surface area contributed by atoms with Crippen molar-refractivity contribution in [2.45, 2.75) is 20.8 Å². The van der Waals surface area contributed by atoms with Gasteiger partial charge in [-0.15, -0.1) is 0 Å². The lowest BCUT2D eigenvalue weighted by Crippen LogP contribution is -2.29. The van der Waals surface area contributed by atoms with Crippen molar-refractivity contribution >= 4 is 46.6 Å². The minimum Gasteiger partial charge on any atom is -0.454 e. The molecule has 8 nitrogen and oxygen atoms in total. The summed E-state index contributed by atoms with van der Waals surface area (Å²) < 4.78 is 5.14. The number of para-hydroxylation sites is 1. The number of nitrogens with zero attached hydrogens (tertiary/aromatic N) is 1. The number of benzene rings is 2. The molecule has 4 rings (SSSR count). The van der Waals surface area contributed by atoms with Crippen LogP contribution in [0.2, 0.25) is 5.02 Å². The smallest absolute Gasteiger partial charge is 0.338 e. The number of Topliss-reactive ketones (excluding diaryl/α,β-unsaturated/α-hetero) is 2. The van der Waals surface area contributed by atoms with Gasteiger partial charge in [0.15, 0.2) is 12.4 Å². The number of fused-ring (bicyclic) bond motifs is 1. The molecule has 172 valence electrons. The molecular formula is C25H19ClN2O6. The van der Waals surface area contributed by atoms with Gasteiger partial charge in [-0.05, 0) is 56.7 Å². The summed E-state index contributed by atoms with van der Waals surface area (Å²) in [6.45, 7) is 4.17. The number of aryl methyl sites for hydroxylation is 1. The third-order valence-corrected chi connectivity index (χ3v) is 5.94. The maximum absolute atomic E-state index is 12.9. The zero-order valence-corrected chi connectivity index (χ0v) is 19.3. The molecule has 1 aliphatic heterocycles. The van der Waals surface area contributed by atoms with Gasteiger partial charge in [0.25, 0.3) is 11.8 Å². The molecule has 0 atom stereocenters. The van der Waals surface area contributed by atoms with Crippen LogP contribution in [0.15, 0.2) is 42.5 Å². The van der Waals surface area contributed by atoms with Crippen molar-refractivity contribution < 1.29 is 28.7 Å². The summed E-state index contributed by atoms with van der Waals surface area (Å²) in [7, 11) is 0. The molecule has 0 bridgehead atoms. The molecule has 0 aliphatic carbocycles. The van der Waals surface area contributed by atoms with Gasteiger partial charge in [0.05, 0.1) is 33.1 Å². The molecule has 3 aromatic rings. The van der Waals surface area contributed by atoms with E-state index < -0.39 is 30.2 Å². The summed E-state index contributed by atoms with van der Waals surface area (Å²) in [5.41, 5.74) is 2.10. The van der Waals surface area contributed by atoms with E-state index in [1.165, 1.54) is 25.1 Å². The van der Waals surface area contributed by atoms with Crippen molar-refractivity contribution in [1.82, 2.24) is 4.98 Å². The van der Waals surface area contributed by atoms with Gasteiger partial charge in [-0.1, -0.05) is 23.7 Å². The van der Waals surface area contributed by atoms with E-state index in [-0.39, 0.29) is 38.9 Å². The Morgan fingerprint density at radius 1 is 1.00 bits per heavy atom. The Bertz CT molecular complexity index is 1400. The second kappa shape index (κ2) is 8.72. The second-order valence-corrected chi connectivity index (χ2v) is 8.25. The lowest BCUT2D eigenvalue weighted by atomic mass is 10.1. The zero-order chi connectivity index (χ0) is 24.7. The average molecular weight is 479 g/mol. The van der Waals surface area contributed by atoms with E-state index in [1.54, 1.807) is 38.1 Å². The van der Waals surface area contributed by atoms with E-state index in [9.17, 15) is 24.0 Å². The highest BCUT2D eigenvalue weighted by atomic mass is 35.5. The summed E-state index contributed by atoms with van der Waals surface area (Å²) in [5, 5.41) is 0.234. The number of esters is 1. The number of hydrogen-bond donors (Lipinski definition) is 1. The molecule has 0 saturated carbocycles. The van der Waals surface area contributed by atoms with E-state index >= 15 is 0 Å². The molecule has 0 fully saturated rings. The van der Waals surface area contributed by atoms with Gasteiger partial charge >= 0.3 is 5.97 Å². The van der Waals surface area contributed by atoms with Crippen LogP contribution in [-0.2, 0) is 4.74 Å². The zero-order valence-electron chi connectivity index (χ0n) is 18.5. The Morgan fingerprint density at radius 2 is 1.68 bits per heavy atom. The van der Waals surface area contributed by atoms with Crippen LogP contribution in [0.5, 0.6) is 0 Å². The van der Waals surface area contributed by atoms with Crippen LogP contribution >= 0.6 is 11.6 Å². The molecule has 2 amide bonds. The lowest BCUT2D eigenvalue weighted by molar-refractivity contribution is 0.0473. The van der Waals surface area contributed by atoms with Crippen molar-refractivity contribution in [2.24, 2.45) is 0 Å². The molecule has 2 heterocycles. The first-order chi connectivity index (χ1) is 16.1. The fourth-order valence-corrected chi connectivity index (χ4v) is 4.28. The van der Waals surface area contributed by atoms with Crippen molar-refractivity contribution in [2.75, 3.05) is 11.5 Å². The lowest BCUT2D eigenvalue weighted by Gasteiger charge is -2.15. The van der Waals surface area contributed by atoms with Crippen LogP contribution in [0.3, 0.4) is 0 Å². The first kappa shape index (κ1) is 23.1. The molecular weight excluding hydrogens is 460 g/mol. The monoisotopic (exact) mass is 478 g/mol. The number of anilines is 1. The van der Waals surface area contributed by atoms with E-state index in [2.05, 4.69) is 4.98 Å². The third kappa shape index (κ3) is 3.82. The van der Waals surface area contributed by atoms with E-state index in [0.29, 0.717) is 16.8 Å². The predicted molar refractivity (Wildman–Crippen MR) is 124 cm³/mol. The van der Waals surface area contributed by atoms with Gasteiger partial charge in [-0.2, -0.15) is 0 Å². The summed E-state index contributed by atoms with van der Waals surface area (Å²) in [4.78, 5) is 66.4. The van der Waals surface area contributed by atoms with Gasteiger partial charge in [0, 0.05) is 11.3 Å². The second-order valence-electron chi connectivity index (χ2n) is 7.84. The normalized spacial score (nSPS) is 12.6. The van der Waals surface area contributed by atoms with Crippen LogP contribution in [0, 0.1) is 13.8 Å². The highest BCUT2D eigenvalue weighted by Gasteiger charge is 2.38. The van der Waals surface area contributed by atoms with Gasteiger partial charge in [-0.25, -0.2) is 9.69 Å². The van der Waals surface area contributed by atoms with Crippen LogP contribution in [0.4, 0.5) is 5.69 Å². The number of imide groups is 1. The van der Waals surface area contributed by atoms with Gasteiger partial charge in [0.1, 0.15) is 0 Å². The number of carbonyl (C=O) groups excluding carboxylic acids is 5. The molecule has 2 aromatic carbocycles. The maximum atomic E-state index is 12.9. The number of aromatic amines is 1. The van der Waals surface area contributed by atoms with Crippen LogP contribution in [0.1, 0.15) is 70.1 Å². The number of halogens is 1. The number of ether oxygens (including phenoxy) is 1. The number of aromatic nitrogens is 1. The predicted octanol–water partition coefficient (Wildman–Crippen LogP) is 4.33. The highest BCUT2D eigenvalue weighted by Crippen LogP contribution is 2.33. The van der Waals surface area contributed by atoms with Gasteiger partial charge < -0.3 is 9.72 Å². The molecule has 0 saturated heterocycles. The number of carbonyl (C=O) groups is 5. The van der Waals surface area contributed by atoms with Crippen LogP contribution in [-0.4, -0.2) is 40.9 Å². The number of rotatable bonds is 6.